The van der Waals surface area contributed by atoms with Crippen molar-refractivity contribution in [2.75, 3.05) is 13.1 Å². The molecule has 0 amide bonds. The van der Waals surface area contributed by atoms with Crippen LogP contribution < -0.4 is 10.6 Å². The lowest BCUT2D eigenvalue weighted by atomic mass is 10.2. The Hall–Kier alpha value is -0.450. The van der Waals surface area contributed by atoms with Gasteiger partial charge in [0.2, 0.25) is 0 Å². The molecule has 0 radical (unpaired) electrons. The summed E-state index contributed by atoms with van der Waals surface area (Å²) in [5.41, 5.74) is 1.28. The van der Waals surface area contributed by atoms with Gasteiger partial charge in [-0.15, -0.1) is 0 Å². The van der Waals surface area contributed by atoms with Gasteiger partial charge in [0.1, 0.15) is 4.60 Å². The van der Waals surface area contributed by atoms with E-state index in [0.29, 0.717) is 6.04 Å². The molecule has 0 saturated carbocycles. The second-order valence-electron chi connectivity index (χ2n) is 3.56. The number of nitrogens with zero attached hydrogens (tertiary/aromatic N) is 1. The first-order chi connectivity index (χ1) is 6.84. The number of rotatable bonds is 3. The van der Waals surface area contributed by atoms with Crippen molar-refractivity contribution in [2.45, 2.75) is 19.0 Å². The van der Waals surface area contributed by atoms with Crippen LogP contribution in [0.25, 0.3) is 0 Å². The van der Waals surface area contributed by atoms with E-state index in [0.717, 1.165) is 24.2 Å². The lowest BCUT2D eigenvalue weighted by Gasteiger charge is -2.10. The highest BCUT2D eigenvalue weighted by atomic mass is 79.9. The van der Waals surface area contributed by atoms with Gasteiger partial charge in [-0.1, -0.05) is 0 Å². The first-order valence-electron chi connectivity index (χ1n) is 4.89. The lowest BCUT2D eigenvalue weighted by Crippen LogP contribution is -2.30. The topological polar surface area (TPSA) is 37.0 Å². The zero-order chi connectivity index (χ0) is 9.80. The molecule has 1 aliphatic heterocycles. The Labute approximate surface area is 92.4 Å². The second-order valence-corrected chi connectivity index (χ2v) is 4.37. The fraction of sp³-hybridized carbons (Fsp3) is 0.500. The van der Waals surface area contributed by atoms with Crippen LogP contribution in [-0.2, 0) is 6.54 Å². The molecule has 76 valence electrons. The van der Waals surface area contributed by atoms with Crippen LogP contribution in [0, 0.1) is 0 Å². The molecule has 0 spiro atoms. The van der Waals surface area contributed by atoms with Crippen molar-refractivity contribution in [3.63, 3.8) is 0 Å². The molecular weight excluding hydrogens is 242 g/mol. The molecule has 1 aliphatic rings. The van der Waals surface area contributed by atoms with Gasteiger partial charge in [0.25, 0.3) is 0 Å². The van der Waals surface area contributed by atoms with Gasteiger partial charge in [-0.25, -0.2) is 4.98 Å². The zero-order valence-corrected chi connectivity index (χ0v) is 9.55. The van der Waals surface area contributed by atoms with E-state index in [1.54, 1.807) is 0 Å². The number of pyridine rings is 1. The van der Waals surface area contributed by atoms with Crippen molar-refractivity contribution in [3.05, 3.63) is 28.5 Å². The van der Waals surface area contributed by atoms with Gasteiger partial charge in [-0.05, 0) is 46.6 Å². The van der Waals surface area contributed by atoms with E-state index in [4.69, 9.17) is 0 Å². The molecule has 4 heteroatoms. The predicted molar refractivity (Wildman–Crippen MR) is 60.1 cm³/mol. The Morgan fingerprint density at radius 3 is 3.29 bits per heavy atom. The Morgan fingerprint density at radius 2 is 2.57 bits per heavy atom. The van der Waals surface area contributed by atoms with Gasteiger partial charge in [0.15, 0.2) is 0 Å². The van der Waals surface area contributed by atoms with E-state index in [1.807, 2.05) is 12.3 Å². The summed E-state index contributed by atoms with van der Waals surface area (Å²) < 4.78 is 0.904. The molecule has 1 unspecified atom stereocenters. The smallest absolute Gasteiger partial charge is 0.106 e. The summed E-state index contributed by atoms with van der Waals surface area (Å²) in [5.74, 6) is 0. The monoisotopic (exact) mass is 255 g/mol. The lowest BCUT2D eigenvalue weighted by molar-refractivity contribution is 0.547. The molecule has 0 aromatic carbocycles. The number of hydrogen-bond donors (Lipinski definition) is 2. The number of aromatic nitrogens is 1. The Kier molecular flexibility index (Phi) is 3.50. The predicted octanol–water partition coefficient (Wildman–Crippen LogP) is 1.30. The molecule has 2 rings (SSSR count). The highest BCUT2D eigenvalue weighted by Gasteiger charge is 2.12. The zero-order valence-electron chi connectivity index (χ0n) is 7.96. The third-order valence-corrected chi connectivity index (χ3v) is 2.88. The largest absolute Gasteiger partial charge is 0.315 e. The molecule has 1 saturated heterocycles. The van der Waals surface area contributed by atoms with Crippen LogP contribution in [0.15, 0.2) is 22.9 Å². The van der Waals surface area contributed by atoms with E-state index in [9.17, 15) is 0 Å². The van der Waals surface area contributed by atoms with E-state index in [1.165, 1.54) is 12.0 Å². The molecule has 1 aromatic rings. The number of halogens is 1. The van der Waals surface area contributed by atoms with E-state index in [-0.39, 0.29) is 0 Å². The molecule has 0 bridgehead atoms. The summed E-state index contributed by atoms with van der Waals surface area (Å²) >= 11 is 3.36. The van der Waals surface area contributed by atoms with Crippen molar-refractivity contribution in [2.24, 2.45) is 0 Å². The SMILES string of the molecule is Brc1cc(CNC2CCNC2)ccn1. The minimum atomic E-state index is 0.627. The third-order valence-electron chi connectivity index (χ3n) is 2.45. The molecule has 2 heterocycles. The standard InChI is InChI=1S/C10H14BrN3/c11-10-5-8(1-4-13-10)6-14-9-2-3-12-7-9/h1,4-5,9,12,14H,2-3,6-7H2. The van der Waals surface area contributed by atoms with Crippen LogP contribution in [0.3, 0.4) is 0 Å². The Bertz CT molecular complexity index is 297. The van der Waals surface area contributed by atoms with Gasteiger partial charge in [0, 0.05) is 25.3 Å². The molecule has 1 aromatic heterocycles. The molecule has 1 fully saturated rings. The average molecular weight is 256 g/mol. The van der Waals surface area contributed by atoms with Gasteiger partial charge < -0.3 is 10.6 Å². The highest BCUT2D eigenvalue weighted by Crippen LogP contribution is 2.08. The van der Waals surface area contributed by atoms with E-state index >= 15 is 0 Å². The van der Waals surface area contributed by atoms with Crippen LogP contribution in [0.4, 0.5) is 0 Å². The van der Waals surface area contributed by atoms with Crippen LogP contribution >= 0.6 is 15.9 Å². The summed E-state index contributed by atoms with van der Waals surface area (Å²) in [6.07, 6.45) is 3.06. The first kappa shape index (κ1) is 10.1. The Morgan fingerprint density at radius 1 is 1.64 bits per heavy atom. The Balaban J connectivity index is 1.85. The molecule has 2 N–H and O–H groups in total. The van der Waals surface area contributed by atoms with Crippen molar-refractivity contribution in [1.82, 2.24) is 15.6 Å². The molecule has 3 nitrogen and oxygen atoms in total. The normalized spacial score (nSPS) is 21.4. The highest BCUT2D eigenvalue weighted by molar-refractivity contribution is 9.10. The van der Waals surface area contributed by atoms with Crippen LogP contribution in [0.5, 0.6) is 0 Å². The van der Waals surface area contributed by atoms with E-state index in [2.05, 4.69) is 37.6 Å². The summed E-state index contributed by atoms with van der Waals surface area (Å²) in [7, 11) is 0. The summed E-state index contributed by atoms with van der Waals surface area (Å²) in [5, 5.41) is 6.85. The molecule has 0 aliphatic carbocycles. The summed E-state index contributed by atoms with van der Waals surface area (Å²) in [4.78, 5) is 4.10. The van der Waals surface area contributed by atoms with Gasteiger partial charge in [-0.2, -0.15) is 0 Å². The van der Waals surface area contributed by atoms with Crippen molar-refractivity contribution in [1.29, 1.82) is 0 Å². The maximum absolute atomic E-state index is 4.10. The van der Waals surface area contributed by atoms with Gasteiger partial charge in [-0.3, -0.25) is 0 Å². The second kappa shape index (κ2) is 4.87. The summed E-state index contributed by atoms with van der Waals surface area (Å²) in [6, 6.07) is 4.72. The number of nitrogens with one attached hydrogen (secondary N) is 2. The average Bonchev–Trinajstić information content (AvgIpc) is 2.67. The maximum Gasteiger partial charge on any atom is 0.106 e. The number of hydrogen-bond acceptors (Lipinski definition) is 3. The fourth-order valence-electron chi connectivity index (χ4n) is 1.64. The molecule has 1 atom stereocenters. The quantitative estimate of drug-likeness (QED) is 0.800. The van der Waals surface area contributed by atoms with Crippen LogP contribution in [0.2, 0.25) is 0 Å². The fourth-order valence-corrected chi connectivity index (χ4v) is 2.06. The van der Waals surface area contributed by atoms with Crippen molar-refractivity contribution >= 4 is 15.9 Å². The van der Waals surface area contributed by atoms with Crippen molar-refractivity contribution in [3.8, 4) is 0 Å². The third kappa shape index (κ3) is 2.77. The van der Waals surface area contributed by atoms with Crippen LogP contribution in [0.1, 0.15) is 12.0 Å². The van der Waals surface area contributed by atoms with Gasteiger partial charge in [0.05, 0.1) is 0 Å². The first-order valence-corrected chi connectivity index (χ1v) is 5.68. The maximum atomic E-state index is 4.10. The van der Waals surface area contributed by atoms with E-state index < -0.39 is 0 Å². The minimum Gasteiger partial charge on any atom is -0.315 e. The van der Waals surface area contributed by atoms with Crippen molar-refractivity contribution < 1.29 is 0 Å². The molecular formula is C10H14BrN3. The van der Waals surface area contributed by atoms with Crippen LogP contribution in [-0.4, -0.2) is 24.1 Å². The minimum absolute atomic E-state index is 0.627. The molecule has 14 heavy (non-hydrogen) atoms. The van der Waals surface area contributed by atoms with Gasteiger partial charge >= 0.3 is 0 Å². The summed E-state index contributed by atoms with van der Waals surface area (Å²) in [6.45, 7) is 3.15.